The lowest BCUT2D eigenvalue weighted by Gasteiger charge is -2.12. The molecule has 0 aromatic heterocycles. The summed E-state index contributed by atoms with van der Waals surface area (Å²) in [5.41, 5.74) is 0.631. The van der Waals surface area contributed by atoms with Gasteiger partial charge < -0.3 is 14.8 Å². The lowest BCUT2D eigenvalue weighted by molar-refractivity contribution is -0.384. The number of nitriles is 1. The van der Waals surface area contributed by atoms with Gasteiger partial charge in [0.25, 0.3) is 11.6 Å². The fraction of sp³-hybridized carbons (Fsp3) is 0.0417. The summed E-state index contributed by atoms with van der Waals surface area (Å²) >= 11 is 6.51. The van der Waals surface area contributed by atoms with Crippen LogP contribution in [0.3, 0.4) is 0 Å². The molecule has 3 aromatic rings. The first-order chi connectivity index (χ1) is 16.7. The molecule has 0 radical (unpaired) electrons. The number of hydrogen-bond donors (Lipinski definition) is 1. The van der Waals surface area contributed by atoms with Gasteiger partial charge in [0.1, 0.15) is 11.6 Å². The first kappa shape index (κ1) is 25.6. The average Bonchev–Trinajstić information content (AvgIpc) is 2.85. The van der Waals surface area contributed by atoms with Crippen LogP contribution in [-0.4, -0.2) is 23.9 Å². The summed E-state index contributed by atoms with van der Waals surface area (Å²) in [5.74, 6) is -0.975. The van der Waals surface area contributed by atoms with E-state index < -0.39 is 16.8 Å². The van der Waals surface area contributed by atoms with Crippen molar-refractivity contribution in [2.75, 3.05) is 12.4 Å². The molecule has 0 aliphatic heterocycles. The number of nitro groups is 1. The molecule has 3 rings (SSSR count). The van der Waals surface area contributed by atoms with E-state index in [1.54, 1.807) is 36.4 Å². The molecule has 1 amide bonds. The molecule has 0 atom stereocenters. The normalized spacial score (nSPS) is 10.7. The number of ether oxygens (including phenoxy) is 2. The van der Waals surface area contributed by atoms with Crippen LogP contribution in [0.5, 0.6) is 11.5 Å². The topological polar surface area (TPSA) is 132 Å². The van der Waals surface area contributed by atoms with Gasteiger partial charge in [-0.3, -0.25) is 14.9 Å². The molecule has 0 fully saturated rings. The maximum absolute atomic E-state index is 12.7. The number of carbonyl (C=O) groups excluding carboxylic acids is 2. The van der Waals surface area contributed by atoms with Crippen LogP contribution in [0.1, 0.15) is 15.9 Å². The van der Waals surface area contributed by atoms with Gasteiger partial charge in [0.2, 0.25) is 0 Å². The third-order valence-electron chi connectivity index (χ3n) is 4.54. The van der Waals surface area contributed by atoms with Gasteiger partial charge in [-0.05, 0) is 73.8 Å². The minimum atomic E-state index is -0.725. The number of nitro benzene ring substituents is 1. The van der Waals surface area contributed by atoms with Crippen molar-refractivity contribution >= 4 is 61.2 Å². The van der Waals surface area contributed by atoms with Gasteiger partial charge >= 0.3 is 5.97 Å². The van der Waals surface area contributed by atoms with Gasteiger partial charge in [-0.2, -0.15) is 5.26 Å². The zero-order valence-corrected chi connectivity index (χ0v) is 21.1. The minimum absolute atomic E-state index is 0.135. The van der Waals surface area contributed by atoms with E-state index in [0.717, 1.165) is 0 Å². The Bertz CT molecular complexity index is 1380. The quantitative estimate of drug-likeness (QED) is 0.0892. The van der Waals surface area contributed by atoms with Crippen molar-refractivity contribution in [2.45, 2.75) is 0 Å². The number of anilines is 1. The van der Waals surface area contributed by atoms with E-state index in [4.69, 9.17) is 9.47 Å². The summed E-state index contributed by atoms with van der Waals surface area (Å²) in [6.45, 7) is 0. The van der Waals surface area contributed by atoms with Crippen LogP contribution in [0, 0.1) is 21.4 Å². The second kappa shape index (κ2) is 11.4. The number of rotatable bonds is 7. The number of nitrogens with zero attached hydrogens (tertiary/aromatic N) is 2. The van der Waals surface area contributed by atoms with Gasteiger partial charge in [-0.15, -0.1) is 0 Å². The number of methoxy groups -OCH3 is 1. The van der Waals surface area contributed by atoms with Crippen LogP contribution in [0.15, 0.2) is 75.2 Å². The van der Waals surface area contributed by atoms with Crippen molar-refractivity contribution in [3.8, 4) is 17.6 Å². The van der Waals surface area contributed by atoms with Gasteiger partial charge in [0.05, 0.1) is 27.8 Å². The molecule has 0 aliphatic carbocycles. The van der Waals surface area contributed by atoms with E-state index in [0.29, 0.717) is 15.6 Å². The molecule has 0 unspecified atom stereocenters. The Balaban J connectivity index is 1.86. The smallest absolute Gasteiger partial charge is 0.343 e. The molecular weight excluding hydrogens is 586 g/mol. The highest BCUT2D eigenvalue weighted by molar-refractivity contribution is 9.11. The number of amides is 1. The molecule has 0 bridgehead atoms. The number of benzene rings is 3. The molecule has 0 spiro atoms. The first-order valence-electron chi connectivity index (χ1n) is 9.75. The van der Waals surface area contributed by atoms with Crippen molar-refractivity contribution in [2.24, 2.45) is 0 Å². The van der Waals surface area contributed by atoms with Crippen LogP contribution >= 0.6 is 31.9 Å². The van der Waals surface area contributed by atoms with Crippen LogP contribution < -0.4 is 14.8 Å². The average molecular weight is 601 g/mol. The Kier molecular flexibility index (Phi) is 8.35. The van der Waals surface area contributed by atoms with Gasteiger partial charge in [0, 0.05) is 16.6 Å². The lowest BCUT2D eigenvalue weighted by atomic mass is 10.1. The molecule has 1 N–H and O–H groups in total. The summed E-state index contributed by atoms with van der Waals surface area (Å²) in [6, 6.07) is 17.1. The summed E-state index contributed by atoms with van der Waals surface area (Å²) in [4.78, 5) is 35.4. The number of esters is 1. The molecule has 35 heavy (non-hydrogen) atoms. The zero-order valence-electron chi connectivity index (χ0n) is 18.0. The number of non-ortho nitro benzene ring substituents is 1. The lowest BCUT2D eigenvalue weighted by Crippen LogP contribution is -2.14. The van der Waals surface area contributed by atoms with Crippen LogP contribution in [-0.2, 0) is 4.79 Å². The fourth-order valence-electron chi connectivity index (χ4n) is 2.87. The zero-order chi connectivity index (χ0) is 25.5. The molecule has 0 aliphatic rings. The molecule has 0 heterocycles. The van der Waals surface area contributed by atoms with E-state index in [-0.39, 0.29) is 32.9 Å². The third kappa shape index (κ3) is 6.32. The Hall–Kier alpha value is -4.01. The standard InChI is InChI=1S/C24H15Br2N3O6/c1-34-21-11-14(10-19(26)22(21)35-24(31)15-5-3-2-4-6-15)9-16(13-27)23(30)28-20-8-7-17(29(32)33)12-18(20)25/h2-12H,1H3,(H,28,30)/b16-9+. The van der Waals surface area contributed by atoms with E-state index in [9.17, 15) is 25.0 Å². The van der Waals surface area contributed by atoms with Gasteiger partial charge in [-0.1, -0.05) is 18.2 Å². The molecule has 0 saturated carbocycles. The van der Waals surface area contributed by atoms with E-state index in [1.807, 2.05) is 6.07 Å². The summed E-state index contributed by atoms with van der Waals surface area (Å²) < 4.78 is 11.5. The van der Waals surface area contributed by atoms with Crippen molar-refractivity contribution < 1.29 is 24.0 Å². The molecule has 0 saturated heterocycles. The monoisotopic (exact) mass is 599 g/mol. The Labute approximate surface area is 216 Å². The number of halogens is 2. The number of carbonyl (C=O) groups is 2. The van der Waals surface area contributed by atoms with Crippen LogP contribution in [0.2, 0.25) is 0 Å². The Morgan fingerprint density at radius 1 is 1.09 bits per heavy atom. The van der Waals surface area contributed by atoms with Gasteiger partial charge in [0.15, 0.2) is 11.5 Å². The highest BCUT2D eigenvalue weighted by Crippen LogP contribution is 2.38. The summed E-state index contributed by atoms with van der Waals surface area (Å²) in [5, 5.41) is 22.9. The van der Waals surface area contributed by atoms with E-state index >= 15 is 0 Å². The highest BCUT2D eigenvalue weighted by Gasteiger charge is 2.18. The molecular formula is C24H15Br2N3O6. The maximum atomic E-state index is 12.7. The van der Waals surface area contributed by atoms with E-state index in [1.165, 1.54) is 37.5 Å². The maximum Gasteiger partial charge on any atom is 0.343 e. The second-order valence-corrected chi connectivity index (χ2v) is 8.54. The second-order valence-electron chi connectivity index (χ2n) is 6.83. The summed E-state index contributed by atoms with van der Waals surface area (Å²) in [6.07, 6.45) is 1.32. The number of hydrogen-bond acceptors (Lipinski definition) is 7. The van der Waals surface area contributed by atoms with Crippen molar-refractivity contribution in [3.05, 3.63) is 96.4 Å². The van der Waals surface area contributed by atoms with Crippen LogP contribution in [0.25, 0.3) is 6.08 Å². The largest absolute Gasteiger partial charge is 0.493 e. The van der Waals surface area contributed by atoms with Crippen LogP contribution in [0.4, 0.5) is 11.4 Å². The predicted molar refractivity (Wildman–Crippen MR) is 135 cm³/mol. The fourth-order valence-corrected chi connectivity index (χ4v) is 3.88. The summed E-state index contributed by atoms with van der Waals surface area (Å²) in [7, 11) is 1.39. The van der Waals surface area contributed by atoms with E-state index in [2.05, 4.69) is 37.2 Å². The Morgan fingerprint density at radius 3 is 2.40 bits per heavy atom. The first-order valence-corrected chi connectivity index (χ1v) is 11.3. The van der Waals surface area contributed by atoms with Gasteiger partial charge in [-0.25, -0.2) is 4.79 Å². The van der Waals surface area contributed by atoms with Crippen molar-refractivity contribution in [1.82, 2.24) is 0 Å². The molecule has 176 valence electrons. The minimum Gasteiger partial charge on any atom is -0.493 e. The highest BCUT2D eigenvalue weighted by atomic mass is 79.9. The molecule has 11 heteroatoms. The number of nitrogens with one attached hydrogen (secondary N) is 1. The SMILES string of the molecule is COc1cc(/C=C(\C#N)C(=O)Nc2ccc([N+](=O)[O-])cc2Br)cc(Br)c1OC(=O)c1ccccc1. The molecule has 9 nitrogen and oxygen atoms in total. The van der Waals surface area contributed by atoms with Crippen molar-refractivity contribution in [3.63, 3.8) is 0 Å². The Morgan fingerprint density at radius 2 is 1.80 bits per heavy atom. The van der Waals surface area contributed by atoms with Crippen molar-refractivity contribution in [1.29, 1.82) is 5.26 Å². The molecule has 3 aromatic carbocycles. The third-order valence-corrected chi connectivity index (χ3v) is 5.79. The predicted octanol–water partition coefficient (Wildman–Crippen LogP) is 5.89.